The van der Waals surface area contributed by atoms with Crippen LogP contribution in [0.5, 0.6) is 0 Å². The third kappa shape index (κ3) is 2.00. The Morgan fingerprint density at radius 2 is 1.56 bits per heavy atom. The number of hydrogen-bond acceptors (Lipinski definition) is 4. The van der Waals surface area contributed by atoms with E-state index >= 15 is 0 Å². The normalized spacial score (nSPS) is 13.7. The highest BCUT2D eigenvalue weighted by molar-refractivity contribution is 6.22. The van der Waals surface area contributed by atoms with E-state index in [0.29, 0.717) is 0 Å². The molecule has 0 bridgehead atoms. The van der Waals surface area contributed by atoms with Crippen LogP contribution < -0.4 is 0 Å². The number of carbonyl (C=O) groups is 4. The number of hydrogen-bond donors (Lipinski definition) is 1. The molecule has 1 aliphatic rings. The summed E-state index contributed by atoms with van der Waals surface area (Å²) in [5.41, 5.74) is 0.483. The first-order valence-corrected chi connectivity index (χ1v) is 5.19. The summed E-state index contributed by atoms with van der Waals surface area (Å²) in [6.07, 6.45) is -0.701. The first-order chi connectivity index (χ1) is 8.50. The van der Waals surface area contributed by atoms with Gasteiger partial charge in [-0.3, -0.25) is 24.1 Å². The van der Waals surface area contributed by atoms with Gasteiger partial charge in [-0.15, -0.1) is 0 Å². The van der Waals surface area contributed by atoms with E-state index in [9.17, 15) is 19.2 Å². The lowest BCUT2D eigenvalue weighted by Gasteiger charge is -2.11. The molecule has 1 aromatic carbocycles. The number of ketones is 1. The highest BCUT2D eigenvalue weighted by atomic mass is 16.4. The molecule has 0 fully saturated rings. The summed E-state index contributed by atoms with van der Waals surface area (Å²) in [4.78, 5) is 46.1. The third-order valence-electron chi connectivity index (χ3n) is 2.56. The zero-order valence-corrected chi connectivity index (χ0v) is 9.25. The molecular formula is C12H9NO5. The zero-order chi connectivity index (χ0) is 13.3. The summed E-state index contributed by atoms with van der Waals surface area (Å²) >= 11 is 0. The molecule has 92 valence electrons. The van der Waals surface area contributed by atoms with E-state index in [1.165, 1.54) is 12.1 Å². The molecule has 1 heterocycles. The first kappa shape index (κ1) is 12.0. The van der Waals surface area contributed by atoms with E-state index < -0.39 is 36.5 Å². The Balaban J connectivity index is 2.19. The highest BCUT2D eigenvalue weighted by Crippen LogP contribution is 2.22. The van der Waals surface area contributed by atoms with Gasteiger partial charge in [-0.05, 0) is 12.1 Å². The molecule has 0 saturated heterocycles. The maximum absolute atomic E-state index is 11.8. The Labute approximate surface area is 102 Å². The van der Waals surface area contributed by atoms with Gasteiger partial charge in [-0.25, -0.2) is 0 Å². The van der Waals surface area contributed by atoms with Crippen molar-refractivity contribution >= 4 is 23.6 Å². The Kier molecular flexibility index (Phi) is 2.93. The summed E-state index contributed by atoms with van der Waals surface area (Å²) in [7, 11) is 0. The summed E-state index contributed by atoms with van der Waals surface area (Å²) in [6, 6.07) is 6.23. The van der Waals surface area contributed by atoms with Crippen molar-refractivity contribution < 1.29 is 24.3 Å². The molecule has 6 nitrogen and oxygen atoms in total. The molecule has 2 amide bonds. The van der Waals surface area contributed by atoms with E-state index in [1.54, 1.807) is 12.1 Å². The predicted molar refractivity (Wildman–Crippen MR) is 59.1 cm³/mol. The van der Waals surface area contributed by atoms with Crippen molar-refractivity contribution in [2.24, 2.45) is 0 Å². The fraction of sp³-hybridized carbons (Fsp3) is 0.167. The van der Waals surface area contributed by atoms with Gasteiger partial charge in [0.2, 0.25) is 0 Å². The minimum atomic E-state index is -1.28. The second-order valence-electron chi connectivity index (χ2n) is 3.85. The number of nitrogens with zero attached hydrogens (tertiary/aromatic N) is 1. The number of fused-ring (bicyclic) bond motifs is 1. The van der Waals surface area contributed by atoms with Crippen molar-refractivity contribution in [3.05, 3.63) is 35.4 Å². The number of amides is 2. The maximum Gasteiger partial charge on any atom is 0.310 e. The molecule has 6 heteroatoms. The summed E-state index contributed by atoms with van der Waals surface area (Å²) in [6.45, 7) is -0.501. The molecule has 0 atom stereocenters. The lowest BCUT2D eigenvalue weighted by atomic mass is 10.1. The summed E-state index contributed by atoms with van der Waals surface area (Å²) in [5, 5.41) is 8.45. The largest absolute Gasteiger partial charge is 0.481 e. The van der Waals surface area contributed by atoms with Gasteiger partial charge in [0.1, 0.15) is 6.42 Å². The molecule has 2 rings (SSSR count). The molecule has 0 aliphatic carbocycles. The van der Waals surface area contributed by atoms with Crippen LogP contribution in [0.1, 0.15) is 27.1 Å². The molecule has 18 heavy (non-hydrogen) atoms. The zero-order valence-electron chi connectivity index (χ0n) is 9.25. The van der Waals surface area contributed by atoms with Gasteiger partial charge in [0, 0.05) is 0 Å². The SMILES string of the molecule is O=C(O)CC(=O)CN1C(=O)c2ccccc2C1=O. The quantitative estimate of drug-likeness (QED) is 0.611. The minimum Gasteiger partial charge on any atom is -0.481 e. The van der Waals surface area contributed by atoms with Gasteiger partial charge >= 0.3 is 5.97 Å². The minimum absolute atomic E-state index is 0.241. The lowest BCUT2D eigenvalue weighted by Crippen LogP contribution is -2.35. The number of carboxylic acid groups (broad SMARTS) is 1. The maximum atomic E-state index is 11.8. The smallest absolute Gasteiger partial charge is 0.310 e. The van der Waals surface area contributed by atoms with Gasteiger partial charge in [0.25, 0.3) is 11.8 Å². The van der Waals surface area contributed by atoms with Gasteiger partial charge in [0.05, 0.1) is 17.7 Å². The van der Waals surface area contributed by atoms with Crippen LogP contribution in [-0.4, -0.2) is 40.1 Å². The number of Topliss-reactive ketones (excluding diaryl/α,β-unsaturated/α-hetero) is 1. The number of benzene rings is 1. The van der Waals surface area contributed by atoms with Gasteiger partial charge < -0.3 is 5.11 Å². The average Bonchev–Trinajstić information content (AvgIpc) is 2.54. The van der Waals surface area contributed by atoms with Crippen molar-refractivity contribution in [1.82, 2.24) is 4.90 Å². The van der Waals surface area contributed by atoms with Crippen LogP contribution in [0.25, 0.3) is 0 Å². The van der Waals surface area contributed by atoms with Gasteiger partial charge in [0.15, 0.2) is 5.78 Å². The van der Waals surface area contributed by atoms with Crippen LogP contribution in [0.4, 0.5) is 0 Å². The van der Waals surface area contributed by atoms with Crippen LogP contribution in [0, 0.1) is 0 Å². The summed E-state index contributed by atoms with van der Waals surface area (Å²) < 4.78 is 0. The van der Waals surface area contributed by atoms with Crippen LogP contribution >= 0.6 is 0 Å². The van der Waals surface area contributed by atoms with Crippen molar-refractivity contribution in [2.45, 2.75) is 6.42 Å². The first-order valence-electron chi connectivity index (χ1n) is 5.19. The van der Waals surface area contributed by atoms with Crippen molar-refractivity contribution in [2.75, 3.05) is 6.54 Å². The number of aliphatic carboxylic acids is 1. The molecule has 1 aromatic rings. The Hall–Kier alpha value is -2.50. The summed E-state index contributed by atoms with van der Waals surface area (Å²) in [5.74, 6) is -3.09. The Morgan fingerprint density at radius 1 is 1.06 bits per heavy atom. The molecule has 1 aliphatic heterocycles. The second kappa shape index (κ2) is 4.40. The lowest BCUT2D eigenvalue weighted by molar-refractivity contribution is -0.140. The van der Waals surface area contributed by atoms with Crippen LogP contribution in [0.2, 0.25) is 0 Å². The standard InChI is InChI=1S/C12H9NO5/c14-7(5-10(15)16)6-13-11(17)8-3-1-2-4-9(8)12(13)18/h1-4H,5-6H2,(H,15,16). The number of imide groups is 1. The van der Waals surface area contributed by atoms with E-state index in [2.05, 4.69) is 0 Å². The van der Waals surface area contributed by atoms with Crippen molar-refractivity contribution in [1.29, 1.82) is 0 Å². The molecule has 0 aromatic heterocycles. The second-order valence-corrected chi connectivity index (χ2v) is 3.85. The van der Waals surface area contributed by atoms with Crippen molar-refractivity contribution in [3.8, 4) is 0 Å². The Morgan fingerprint density at radius 3 is 2.00 bits per heavy atom. The van der Waals surface area contributed by atoms with Gasteiger partial charge in [-0.1, -0.05) is 12.1 Å². The fourth-order valence-electron chi connectivity index (χ4n) is 1.78. The monoisotopic (exact) mass is 247 g/mol. The molecule has 1 N–H and O–H groups in total. The van der Waals surface area contributed by atoms with Gasteiger partial charge in [-0.2, -0.15) is 0 Å². The molecule has 0 saturated carbocycles. The van der Waals surface area contributed by atoms with Crippen LogP contribution in [0.15, 0.2) is 24.3 Å². The van der Waals surface area contributed by atoms with E-state index in [1.807, 2.05) is 0 Å². The van der Waals surface area contributed by atoms with E-state index in [4.69, 9.17) is 5.11 Å². The molecular weight excluding hydrogens is 238 g/mol. The topological polar surface area (TPSA) is 91.8 Å². The Bertz CT molecular complexity index is 528. The molecule has 0 spiro atoms. The predicted octanol–water partition coefficient (Wildman–Crippen LogP) is 0.326. The third-order valence-corrected chi connectivity index (χ3v) is 2.56. The van der Waals surface area contributed by atoms with Crippen LogP contribution in [-0.2, 0) is 9.59 Å². The number of rotatable bonds is 4. The average molecular weight is 247 g/mol. The van der Waals surface area contributed by atoms with E-state index in [-0.39, 0.29) is 11.1 Å². The highest BCUT2D eigenvalue weighted by Gasteiger charge is 2.36. The van der Waals surface area contributed by atoms with Crippen molar-refractivity contribution in [3.63, 3.8) is 0 Å². The fourth-order valence-corrected chi connectivity index (χ4v) is 1.78. The number of carbonyl (C=O) groups excluding carboxylic acids is 3. The number of carboxylic acids is 1. The van der Waals surface area contributed by atoms with E-state index in [0.717, 1.165) is 4.90 Å². The molecule has 0 radical (unpaired) electrons. The van der Waals surface area contributed by atoms with Crippen LogP contribution in [0.3, 0.4) is 0 Å². The molecule has 0 unspecified atom stereocenters.